The van der Waals surface area contributed by atoms with Gasteiger partial charge in [0.15, 0.2) is 0 Å². The molecule has 1 fully saturated rings. The maximum atomic E-state index is 15.5. The first kappa shape index (κ1) is 26.2. The Morgan fingerprint density at radius 3 is 2.47 bits per heavy atom. The Morgan fingerprint density at radius 1 is 1.05 bits per heavy atom. The van der Waals surface area contributed by atoms with Crippen LogP contribution in [0.2, 0.25) is 0 Å². The fraction of sp³-hybridized carbons (Fsp3) is 0.345. The summed E-state index contributed by atoms with van der Waals surface area (Å²) in [6.07, 6.45) is 1.99. The molecule has 0 bridgehead atoms. The maximum absolute atomic E-state index is 15.5. The molecule has 0 spiro atoms. The summed E-state index contributed by atoms with van der Waals surface area (Å²) in [4.78, 5) is 35.2. The van der Waals surface area contributed by atoms with Crippen LogP contribution in [0.3, 0.4) is 0 Å². The zero-order valence-electron chi connectivity index (χ0n) is 21.4. The van der Waals surface area contributed by atoms with Gasteiger partial charge in [0.05, 0.1) is 11.4 Å². The minimum Gasteiger partial charge on any atom is -0.350 e. The highest BCUT2D eigenvalue weighted by Crippen LogP contribution is 2.43. The van der Waals surface area contributed by atoms with E-state index in [1.165, 1.54) is 16.2 Å². The molecule has 1 N–H and O–H groups in total. The molecule has 1 saturated heterocycles. The number of nitrogens with one attached hydrogen (secondary N) is 1. The Balaban J connectivity index is 1.46. The summed E-state index contributed by atoms with van der Waals surface area (Å²) >= 11 is 1.25. The van der Waals surface area contributed by atoms with Crippen LogP contribution in [-0.4, -0.2) is 60.3 Å². The summed E-state index contributed by atoms with van der Waals surface area (Å²) in [5, 5.41) is 3.60. The minimum absolute atomic E-state index is 0.0450. The van der Waals surface area contributed by atoms with E-state index in [0.717, 1.165) is 37.6 Å². The third-order valence-electron chi connectivity index (χ3n) is 7.13. The molecule has 0 unspecified atom stereocenters. The number of anilines is 1. The van der Waals surface area contributed by atoms with Crippen LogP contribution in [0.25, 0.3) is 16.1 Å². The second-order valence-electron chi connectivity index (χ2n) is 9.87. The van der Waals surface area contributed by atoms with Crippen molar-refractivity contribution in [1.29, 1.82) is 0 Å². The first-order valence-electron chi connectivity index (χ1n) is 12.8. The van der Waals surface area contributed by atoms with Crippen molar-refractivity contribution < 1.29 is 18.4 Å². The van der Waals surface area contributed by atoms with Crippen molar-refractivity contribution in [3.05, 3.63) is 76.8 Å². The third kappa shape index (κ3) is 5.39. The van der Waals surface area contributed by atoms with Crippen molar-refractivity contribution in [1.82, 2.24) is 15.2 Å². The number of allylic oxidation sites excluding steroid dienone is 1. The largest absolute Gasteiger partial charge is 0.350 e. The first-order valence-corrected chi connectivity index (χ1v) is 13.6. The van der Waals surface area contributed by atoms with E-state index in [2.05, 4.69) is 15.2 Å². The van der Waals surface area contributed by atoms with E-state index in [1.54, 1.807) is 31.2 Å². The fourth-order valence-electron chi connectivity index (χ4n) is 4.98. The highest BCUT2D eigenvalue weighted by Gasteiger charge is 2.42. The van der Waals surface area contributed by atoms with Crippen molar-refractivity contribution in [3.63, 3.8) is 0 Å². The minimum atomic E-state index is -3.28. The predicted molar refractivity (Wildman–Crippen MR) is 147 cm³/mol. The number of fused-ring (bicyclic) bond motifs is 1. The first-order chi connectivity index (χ1) is 18.2. The van der Waals surface area contributed by atoms with Crippen LogP contribution < -0.4 is 10.2 Å². The standard InChI is InChI=1S/C29H30F2N4O2S/c1-19-26(38-27(32-19)20-8-4-3-5-9-20)28(37)35-17-14-29(30,31)23(22-10-6-7-11-24(22)35)18-25(36)33-21-12-15-34(2)16-13-21/h3-11,18,21H,12-17H2,1-2H3,(H,33,36). The fourth-order valence-corrected chi connectivity index (χ4v) is 6.00. The zero-order valence-corrected chi connectivity index (χ0v) is 22.2. The summed E-state index contributed by atoms with van der Waals surface area (Å²) in [6.45, 7) is 3.27. The van der Waals surface area contributed by atoms with Gasteiger partial charge in [-0.15, -0.1) is 11.3 Å². The van der Waals surface area contributed by atoms with Gasteiger partial charge in [0.25, 0.3) is 11.8 Å². The molecule has 5 rings (SSSR count). The van der Waals surface area contributed by atoms with E-state index in [4.69, 9.17) is 0 Å². The number of piperidine rings is 1. The van der Waals surface area contributed by atoms with Crippen LogP contribution in [0.4, 0.5) is 14.5 Å². The highest BCUT2D eigenvalue weighted by molar-refractivity contribution is 7.17. The van der Waals surface area contributed by atoms with Crippen molar-refractivity contribution in [3.8, 4) is 10.6 Å². The van der Waals surface area contributed by atoms with E-state index in [1.807, 2.05) is 37.4 Å². The quantitative estimate of drug-likeness (QED) is 0.454. The predicted octanol–water partition coefficient (Wildman–Crippen LogP) is 5.40. The molecule has 2 amide bonds. The lowest BCUT2D eigenvalue weighted by atomic mass is 9.96. The molecule has 3 heterocycles. The Hall–Kier alpha value is -3.43. The normalized spacial score (nSPS) is 19.2. The Morgan fingerprint density at radius 2 is 1.74 bits per heavy atom. The van der Waals surface area contributed by atoms with Gasteiger partial charge in [-0.2, -0.15) is 0 Å². The molecule has 0 atom stereocenters. The molecule has 0 aliphatic carbocycles. The van der Waals surface area contributed by atoms with Gasteiger partial charge in [-0.1, -0.05) is 48.5 Å². The summed E-state index contributed by atoms with van der Waals surface area (Å²) in [5.41, 5.74) is 1.64. The Labute approximate surface area is 225 Å². The van der Waals surface area contributed by atoms with Gasteiger partial charge in [-0.05, 0) is 46.0 Å². The summed E-state index contributed by atoms with van der Waals surface area (Å²) in [6, 6.07) is 16.1. The van der Waals surface area contributed by atoms with E-state index >= 15 is 8.78 Å². The molecule has 2 aromatic carbocycles. The lowest BCUT2D eigenvalue weighted by Crippen LogP contribution is -2.43. The molecule has 0 radical (unpaired) electrons. The van der Waals surface area contributed by atoms with E-state index < -0.39 is 18.3 Å². The molecule has 9 heteroatoms. The zero-order chi connectivity index (χ0) is 26.9. The number of hydrogen-bond donors (Lipinski definition) is 1. The summed E-state index contributed by atoms with van der Waals surface area (Å²) < 4.78 is 31.1. The van der Waals surface area contributed by atoms with E-state index in [0.29, 0.717) is 21.3 Å². The number of nitrogens with zero attached hydrogens (tertiary/aromatic N) is 3. The van der Waals surface area contributed by atoms with Crippen LogP contribution in [0.5, 0.6) is 0 Å². The average Bonchev–Trinajstić information content (AvgIpc) is 3.26. The maximum Gasteiger partial charge on any atom is 0.275 e. The smallest absolute Gasteiger partial charge is 0.275 e. The number of alkyl halides is 2. The lowest BCUT2D eigenvalue weighted by molar-refractivity contribution is -0.117. The van der Waals surface area contributed by atoms with Gasteiger partial charge in [-0.25, -0.2) is 13.8 Å². The molecular weight excluding hydrogens is 506 g/mol. The summed E-state index contributed by atoms with van der Waals surface area (Å²) in [5.74, 6) is -4.19. The second-order valence-corrected chi connectivity index (χ2v) is 10.9. The van der Waals surface area contributed by atoms with Gasteiger partial charge in [0.2, 0.25) is 5.91 Å². The monoisotopic (exact) mass is 536 g/mol. The van der Waals surface area contributed by atoms with Crippen LogP contribution in [0.1, 0.15) is 40.2 Å². The van der Waals surface area contributed by atoms with Gasteiger partial charge in [0.1, 0.15) is 9.88 Å². The highest BCUT2D eigenvalue weighted by atomic mass is 32.1. The van der Waals surface area contributed by atoms with Crippen molar-refractivity contribution in [2.45, 2.75) is 38.2 Å². The molecule has 0 saturated carbocycles. The van der Waals surface area contributed by atoms with Crippen molar-refractivity contribution in [2.75, 3.05) is 31.6 Å². The average molecular weight is 537 g/mol. The second kappa shape index (κ2) is 10.7. The number of para-hydroxylation sites is 1. The number of amides is 2. The number of aryl methyl sites for hydroxylation is 1. The lowest BCUT2D eigenvalue weighted by Gasteiger charge is -2.29. The number of hydrogen-bond acceptors (Lipinski definition) is 5. The SMILES string of the molecule is Cc1nc(-c2ccccc2)sc1C(=O)N1CCC(F)(F)C(=CC(=O)NC2CCN(C)CC2)c2ccccc21. The number of aromatic nitrogens is 1. The van der Waals surface area contributed by atoms with Gasteiger partial charge < -0.3 is 15.1 Å². The number of halogens is 2. The van der Waals surface area contributed by atoms with Crippen LogP contribution in [0, 0.1) is 6.92 Å². The number of likely N-dealkylation sites (tertiary alicyclic amines) is 1. The Kier molecular flexibility index (Phi) is 7.40. The molecule has 2 aliphatic rings. The molecular formula is C29H30F2N4O2S. The van der Waals surface area contributed by atoms with Crippen LogP contribution >= 0.6 is 11.3 Å². The molecule has 6 nitrogen and oxygen atoms in total. The topological polar surface area (TPSA) is 65.5 Å². The van der Waals surface area contributed by atoms with E-state index in [9.17, 15) is 9.59 Å². The van der Waals surface area contributed by atoms with Crippen molar-refractivity contribution >= 4 is 34.4 Å². The molecule has 1 aromatic heterocycles. The Bertz CT molecular complexity index is 1360. The van der Waals surface area contributed by atoms with E-state index in [-0.39, 0.29) is 29.6 Å². The van der Waals surface area contributed by atoms with Crippen LogP contribution in [0.15, 0.2) is 60.7 Å². The van der Waals surface area contributed by atoms with Crippen molar-refractivity contribution in [2.24, 2.45) is 0 Å². The van der Waals surface area contributed by atoms with Gasteiger partial charge in [0, 0.05) is 41.8 Å². The molecule has 3 aromatic rings. The number of benzene rings is 2. The number of carbonyl (C=O) groups excluding carboxylic acids is 2. The van der Waals surface area contributed by atoms with Gasteiger partial charge >= 0.3 is 0 Å². The third-order valence-corrected chi connectivity index (χ3v) is 8.32. The van der Waals surface area contributed by atoms with Crippen LogP contribution in [-0.2, 0) is 4.79 Å². The van der Waals surface area contributed by atoms with Gasteiger partial charge in [-0.3, -0.25) is 9.59 Å². The number of thiazole rings is 1. The molecule has 2 aliphatic heterocycles. The number of carbonyl (C=O) groups is 2. The summed E-state index contributed by atoms with van der Waals surface area (Å²) in [7, 11) is 2.02. The molecule has 198 valence electrons. The number of rotatable bonds is 4. The molecule has 38 heavy (non-hydrogen) atoms.